The summed E-state index contributed by atoms with van der Waals surface area (Å²) in [6.07, 6.45) is 0.773. The van der Waals surface area contributed by atoms with Crippen molar-refractivity contribution in [3.8, 4) is 11.5 Å². The van der Waals surface area contributed by atoms with Crippen molar-refractivity contribution in [3.05, 3.63) is 72.3 Å². The Morgan fingerprint density at radius 3 is 2.33 bits per heavy atom. The van der Waals surface area contributed by atoms with E-state index >= 15 is 0 Å². The molecular formula is C25H32N4O9P2. The third-order valence-electron chi connectivity index (χ3n) is 5.36. The number of amides is 2. The molecule has 0 aliphatic carbocycles. The van der Waals surface area contributed by atoms with Crippen molar-refractivity contribution in [2.24, 2.45) is 17.2 Å². The SMILES string of the molecule is CC(N)Cc1ccc(OP(=O)(Oc2cccc3ccccc23)OP(=O)(O)OC(=O)[C@@H](N)CCCNC(N)=O)cc1. The summed E-state index contributed by atoms with van der Waals surface area (Å²) in [4.78, 5) is 33.4. The minimum absolute atomic E-state index is 0.0121. The average Bonchev–Trinajstić information content (AvgIpc) is 2.86. The van der Waals surface area contributed by atoms with E-state index in [0.717, 1.165) is 10.9 Å². The number of phosphoric ester groups is 2. The molecule has 216 valence electrons. The van der Waals surface area contributed by atoms with Crippen molar-refractivity contribution in [1.29, 1.82) is 0 Å². The van der Waals surface area contributed by atoms with Crippen LogP contribution in [0.4, 0.5) is 4.79 Å². The molecule has 0 aliphatic heterocycles. The van der Waals surface area contributed by atoms with Gasteiger partial charge in [-0.1, -0.05) is 48.5 Å². The largest absolute Gasteiger partial charge is 0.597 e. The lowest BCUT2D eigenvalue weighted by molar-refractivity contribution is -0.137. The monoisotopic (exact) mass is 594 g/mol. The van der Waals surface area contributed by atoms with Gasteiger partial charge in [-0.3, -0.25) is 4.89 Å². The zero-order chi connectivity index (χ0) is 29.3. The molecule has 3 rings (SSSR count). The van der Waals surface area contributed by atoms with E-state index in [1.54, 1.807) is 48.5 Å². The van der Waals surface area contributed by atoms with E-state index < -0.39 is 33.7 Å². The molecule has 0 saturated carbocycles. The predicted molar refractivity (Wildman–Crippen MR) is 148 cm³/mol. The van der Waals surface area contributed by atoms with Crippen LogP contribution >= 0.6 is 15.6 Å². The van der Waals surface area contributed by atoms with Crippen LogP contribution in [0.25, 0.3) is 10.8 Å². The van der Waals surface area contributed by atoms with Gasteiger partial charge in [-0.25, -0.2) is 18.7 Å². The molecule has 15 heteroatoms. The molecule has 0 fully saturated rings. The van der Waals surface area contributed by atoms with Crippen LogP contribution in [0.2, 0.25) is 0 Å². The smallest absolute Gasteiger partial charge is 0.395 e. The second kappa shape index (κ2) is 13.8. The van der Waals surface area contributed by atoms with Crippen LogP contribution in [0.15, 0.2) is 66.7 Å². The number of hydrogen-bond acceptors (Lipinski definition) is 10. The first-order valence-electron chi connectivity index (χ1n) is 12.2. The summed E-state index contributed by atoms with van der Waals surface area (Å²) in [7, 11) is -10.4. The number of primary amides is 1. The van der Waals surface area contributed by atoms with Crippen molar-refractivity contribution in [2.45, 2.75) is 38.3 Å². The highest BCUT2D eigenvalue weighted by Crippen LogP contribution is 2.63. The normalized spacial score (nSPS) is 15.7. The number of phosphoric acid groups is 2. The van der Waals surface area contributed by atoms with Crippen LogP contribution in [0, 0.1) is 0 Å². The Hall–Kier alpha value is -3.44. The van der Waals surface area contributed by atoms with Gasteiger partial charge in [0.2, 0.25) is 0 Å². The van der Waals surface area contributed by atoms with E-state index in [4.69, 9.17) is 30.6 Å². The maximum absolute atomic E-state index is 13.8. The number of carbonyl (C=O) groups is 2. The maximum atomic E-state index is 13.8. The van der Waals surface area contributed by atoms with E-state index in [1.165, 1.54) is 18.2 Å². The standard InChI is InChI=1S/C25H32N4O9P2/c1-17(26)16-18-11-13-20(14-12-18)35-40(34,36-23-10-4-7-19-6-2-3-8-21(19)23)38-39(32,33)37-24(30)22(27)9-5-15-29-25(28)31/h2-4,6-8,10-14,17,22H,5,9,15-16,26-27H2,1H3,(H,32,33)(H3,28,29,31)/t17?,22-,40?/m0/s1. The lowest BCUT2D eigenvalue weighted by Gasteiger charge is -2.22. The van der Waals surface area contributed by atoms with Crippen LogP contribution < -0.4 is 31.6 Å². The molecule has 0 heterocycles. The highest BCUT2D eigenvalue weighted by Gasteiger charge is 2.44. The van der Waals surface area contributed by atoms with Crippen molar-refractivity contribution < 1.29 is 41.5 Å². The lowest BCUT2D eigenvalue weighted by atomic mass is 10.1. The molecule has 0 aromatic heterocycles. The van der Waals surface area contributed by atoms with E-state index in [1.807, 2.05) is 6.92 Å². The first-order valence-corrected chi connectivity index (χ1v) is 15.2. The molecule has 0 bridgehead atoms. The summed E-state index contributed by atoms with van der Waals surface area (Å²) in [5.74, 6) is -1.29. The fourth-order valence-electron chi connectivity index (χ4n) is 3.61. The fourth-order valence-corrected chi connectivity index (χ4v) is 6.20. The number of nitrogens with two attached hydrogens (primary N) is 3. The Balaban J connectivity index is 1.81. The predicted octanol–water partition coefficient (Wildman–Crippen LogP) is 3.73. The van der Waals surface area contributed by atoms with Gasteiger partial charge in [0.1, 0.15) is 17.5 Å². The summed E-state index contributed by atoms with van der Waals surface area (Å²) in [6, 6.07) is 15.9. The van der Waals surface area contributed by atoms with Crippen molar-refractivity contribution >= 4 is 38.4 Å². The van der Waals surface area contributed by atoms with E-state index in [0.29, 0.717) is 11.8 Å². The van der Waals surface area contributed by atoms with Crippen LogP contribution in [0.5, 0.6) is 11.5 Å². The molecule has 3 aromatic carbocycles. The molecule has 0 saturated heterocycles. The highest BCUT2D eigenvalue weighted by molar-refractivity contribution is 7.62. The van der Waals surface area contributed by atoms with Gasteiger partial charge < -0.3 is 36.1 Å². The summed E-state index contributed by atoms with van der Waals surface area (Å²) in [5.41, 5.74) is 17.4. The zero-order valence-electron chi connectivity index (χ0n) is 21.7. The van der Waals surface area contributed by atoms with Gasteiger partial charge >= 0.3 is 27.6 Å². The first kappa shape index (κ1) is 31.1. The first-order chi connectivity index (χ1) is 18.9. The number of carbonyl (C=O) groups excluding carboxylic acids is 2. The quantitative estimate of drug-likeness (QED) is 0.134. The lowest BCUT2D eigenvalue weighted by Crippen LogP contribution is -2.34. The average molecular weight is 594 g/mol. The Morgan fingerprint density at radius 1 is 0.975 bits per heavy atom. The van der Waals surface area contributed by atoms with E-state index in [2.05, 4.69) is 9.84 Å². The topological polar surface area (TPSA) is 216 Å². The molecule has 8 N–H and O–H groups in total. The summed E-state index contributed by atoms with van der Waals surface area (Å²) >= 11 is 0. The van der Waals surface area contributed by atoms with Gasteiger partial charge in [0.15, 0.2) is 0 Å². The van der Waals surface area contributed by atoms with Crippen molar-refractivity contribution in [2.75, 3.05) is 6.54 Å². The second-order valence-corrected chi connectivity index (χ2v) is 12.0. The van der Waals surface area contributed by atoms with Crippen LogP contribution in [-0.2, 0) is 29.2 Å². The van der Waals surface area contributed by atoms with Crippen LogP contribution in [-0.4, -0.2) is 35.5 Å². The van der Waals surface area contributed by atoms with Gasteiger partial charge in [-0.05, 0) is 55.3 Å². The Labute approximate surface area is 231 Å². The molecule has 0 radical (unpaired) electrons. The van der Waals surface area contributed by atoms with Gasteiger partial charge in [0.25, 0.3) is 0 Å². The van der Waals surface area contributed by atoms with Crippen LogP contribution in [0.3, 0.4) is 0 Å². The summed E-state index contributed by atoms with van der Waals surface area (Å²) in [6.45, 7) is 1.96. The van der Waals surface area contributed by atoms with E-state index in [9.17, 15) is 23.6 Å². The minimum Gasteiger partial charge on any atom is -0.395 e. The van der Waals surface area contributed by atoms with Crippen molar-refractivity contribution in [1.82, 2.24) is 5.32 Å². The zero-order valence-corrected chi connectivity index (χ0v) is 23.5. The summed E-state index contributed by atoms with van der Waals surface area (Å²) in [5, 5.41) is 3.56. The Kier molecular flexibility index (Phi) is 10.7. The molecule has 13 nitrogen and oxygen atoms in total. The summed E-state index contributed by atoms with van der Waals surface area (Å²) < 4.78 is 47.1. The highest BCUT2D eigenvalue weighted by atomic mass is 31.3. The molecule has 2 amide bonds. The number of nitrogens with one attached hydrogen (secondary N) is 1. The molecule has 0 spiro atoms. The van der Waals surface area contributed by atoms with Gasteiger partial charge in [0, 0.05) is 18.0 Å². The third-order valence-corrected chi connectivity index (χ3v) is 8.25. The molecule has 3 aromatic rings. The molecular weight excluding hydrogens is 562 g/mol. The molecule has 40 heavy (non-hydrogen) atoms. The Morgan fingerprint density at radius 2 is 1.65 bits per heavy atom. The maximum Gasteiger partial charge on any atom is 0.597 e. The Bertz CT molecular complexity index is 1410. The van der Waals surface area contributed by atoms with Crippen LogP contribution in [0.1, 0.15) is 25.3 Å². The fraction of sp³-hybridized carbons (Fsp3) is 0.280. The number of benzene rings is 3. The second-order valence-electron chi connectivity index (χ2n) is 8.93. The van der Waals surface area contributed by atoms with Crippen molar-refractivity contribution in [3.63, 3.8) is 0 Å². The number of rotatable bonds is 14. The van der Waals surface area contributed by atoms with Gasteiger partial charge in [-0.2, -0.15) is 4.31 Å². The minimum atomic E-state index is -5.39. The molecule has 3 unspecified atom stereocenters. The number of urea groups is 1. The van der Waals surface area contributed by atoms with Gasteiger partial charge in [0.05, 0.1) is 0 Å². The number of fused-ring (bicyclic) bond motifs is 1. The molecule has 0 aliphatic rings. The molecule has 4 atom stereocenters. The van der Waals surface area contributed by atoms with E-state index in [-0.39, 0.29) is 36.9 Å². The number of hydrogen-bond donors (Lipinski definition) is 5. The van der Waals surface area contributed by atoms with Gasteiger partial charge in [-0.15, -0.1) is 0 Å². The third kappa shape index (κ3) is 9.63.